The molecule has 44 heavy (non-hydrogen) atoms. The molecule has 0 aliphatic heterocycles. The quantitative estimate of drug-likeness (QED) is 0.213. The lowest BCUT2D eigenvalue weighted by Gasteiger charge is -2.22. The van der Waals surface area contributed by atoms with Crippen LogP contribution < -0.4 is 11.1 Å². The Labute approximate surface area is 244 Å². The van der Waals surface area contributed by atoms with Crippen LogP contribution in [0.1, 0.15) is 33.4 Å². The maximum Gasteiger partial charge on any atom is 0.435 e. The van der Waals surface area contributed by atoms with Crippen molar-refractivity contribution in [2.75, 3.05) is 0 Å². The van der Waals surface area contributed by atoms with E-state index in [9.17, 15) is 40.3 Å². The second-order valence-corrected chi connectivity index (χ2v) is 9.76. The predicted molar refractivity (Wildman–Crippen MR) is 144 cm³/mol. The number of alkyl halides is 3. The van der Waals surface area contributed by atoms with Gasteiger partial charge in [-0.3, -0.25) is 19.3 Å². The van der Waals surface area contributed by atoms with E-state index >= 15 is 0 Å². The Hall–Kier alpha value is -5.27. The minimum absolute atomic E-state index is 0.0979. The summed E-state index contributed by atoms with van der Waals surface area (Å²) in [6, 6.07) is 10.7. The normalized spacial score (nSPS) is 12.3. The average molecular weight is 616 g/mol. The van der Waals surface area contributed by atoms with Crippen LogP contribution in [0.25, 0.3) is 22.0 Å². The van der Waals surface area contributed by atoms with Crippen molar-refractivity contribution in [3.05, 3.63) is 119 Å². The van der Waals surface area contributed by atoms with Gasteiger partial charge in [0.05, 0.1) is 22.8 Å². The van der Waals surface area contributed by atoms with Crippen molar-refractivity contribution in [1.82, 2.24) is 20.1 Å². The van der Waals surface area contributed by atoms with Gasteiger partial charge in [0.1, 0.15) is 29.8 Å². The van der Waals surface area contributed by atoms with Gasteiger partial charge in [0.15, 0.2) is 5.69 Å². The molecule has 0 bridgehead atoms. The maximum absolute atomic E-state index is 14.2. The van der Waals surface area contributed by atoms with Gasteiger partial charge in [-0.25, -0.2) is 17.6 Å². The summed E-state index contributed by atoms with van der Waals surface area (Å²) in [7, 11) is 0. The first kappa shape index (κ1) is 30.2. The number of rotatable bonds is 8. The number of pyridine rings is 1. The van der Waals surface area contributed by atoms with Gasteiger partial charge in [-0.1, -0.05) is 12.1 Å². The van der Waals surface area contributed by atoms with E-state index in [0.717, 1.165) is 35.0 Å². The highest BCUT2D eigenvalue weighted by Crippen LogP contribution is 2.35. The van der Waals surface area contributed by atoms with Crippen LogP contribution in [0.5, 0.6) is 0 Å². The van der Waals surface area contributed by atoms with Crippen LogP contribution in [-0.4, -0.2) is 26.6 Å². The van der Waals surface area contributed by atoms with Crippen molar-refractivity contribution in [2.24, 2.45) is 5.73 Å². The Morgan fingerprint density at radius 2 is 1.64 bits per heavy atom. The fraction of sp³-hybridized carbons (Fsp3) is 0.133. The fourth-order valence-corrected chi connectivity index (χ4v) is 4.86. The number of hydrogen-bond acceptors (Lipinski definition) is 4. The Kier molecular flexibility index (Phi) is 8.09. The third-order valence-electron chi connectivity index (χ3n) is 6.68. The molecule has 0 aliphatic rings. The molecule has 5 rings (SSSR count). The van der Waals surface area contributed by atoms with Crippen LogP contribution in [0.15, 0.2) is 72.9 Å². The SMILES string of the molecule is NC(=O)c1cc(-c2cccnc2[C@H](Cc2cc(F)cc(F)c2)NC(=O)Cn2nc(C(F)(F)F)c3cc(F)ccc32)ccc1F. The third-order valence-corrected chi connectivity index (χ3v) is 6.68. The number of carbonyl (C=O) groups is 2. The summed E-state index contributed by atoms with van der Waals surface area (Å²) in [4.78, 5) is 29.4. The molecule has 3 aromatic carbocycles. The Balaban J connectivity index is 1.55. The Bertz CT molecular complexity index is 1890. The van der Waals surface area contributed by atoms with Gasteiger partial charge in [0, 0.05) is 23.2 Å². The Morgan fingerprint density at radius 3 is 2.32 bits per heavy atom. The van der Waals surface area contributed by atoms with Gasteiger partial charge in [-0.15, -0.1) is 0 Å². The molecule has 14 heteroatoms. The molecule has 2 aromatic heterocycles. The molecular weight excluding hydrogens is 595 g/mol. The molecule has 0 aliphatic carbocycles. The van der Waals surface area contributed by atoms with Crippen molar-refractivity contribution in [2.45, 2.75) is 25.2 Å². The molecule has 0 radical (unpaired) electrons. The minimum atomic E-state index is -4.94. The molecule has 226 valence electrons. The van der Waals surface area contributed by atoms with Crippen LogP contribution in [0.3, 0.4) is 0 Å². The second kappa shape index (κ2) is 11.8. The zero-order chi connectivity index (χ0) is 31.8. The van der Waals surface area contributed by atoms with Gasteiger partial charge in [0.2, 0.25) is 5.91 Å². The summed E-state index contributed by atoms with van der Waals surface area (Å²) < 4.78 is 97.7. The summed E-state index contributed by atoms with van der Waals surface area (Å²) in [6.45, 7) is -0.753. The molecule has 7 nitrogen and oxygen atoms in total. The lowest BCUT2D eigenvalue weighted by Crippen LogP contribution is -2.34. The Morgan fingerprint density at radius 1 is 0.909 bits per heavy atom. The van der Waals surface area contributed by atoms with Gasteiger partial charge in [0.25, 0.3) is 5.91 Å². The zero-order valence-corrected chi connectivity index (χ0v) is 22.3. The number of halogens is 7. The highest BCUT2D eigenvalue weighted by molar-refractivity contribution is 5.94. The van der Waals surface area contributed by atoms with Gasteiger partial charge >= 0.3 is 6.18 Å². The highest BCUT2D eigenvalue weighted by atomic mass is 19.4. The molecule has 3 N–H and O–H groups in total. The summed E-state index contributed by atoms with van der Waals surface area (Å²) in [5.74, 6) is -5.52. The molecule has 0 fully saturated rings. The van der Waals surface area contributed by atoms with E-state index < -0.39 is 70.5 Å². The van der Waals surface area contributed by atoms with E-state index in [1.807, 2.05) is 0 Å². The van der Waals surface area contributed by atoms with Crippen LogP contribution in [0, 0.1) is 23.3 Å². The first-order valence-electron chi connectivity index (χ1n) is 12.8. The molecule has 0 spiro atoms. The lowest BCUT2D eigenvalue weighted by atomic mass is 9.94. The second-order valence-electron chi connectivity index (χ2n) is 9.76. The molecular formula is C30H20F7N5O2. The smallest absolute Gasteiger partial charge is 0.366 e. The number of primary amides is 1. The van der Waals surface area contributed by atoms with E-state index in [1.54, 1.807) is 0 Å². The van der Waals surface area contributed by atoms with Crippen LogP contribution in [0.4, 0.5) is 30.7 Å². The molecule has 2 amide bonds. The standard InChI is InChI=1S/C30H20F7N5O2/c31-17-4-6-25-22(13-17)28(30(35,36)37)41-42(25)14-26(43)40-24(10-15-8-18(32)12-19(33)9-15)27-20(2-1-7-39-27)16-3-5-23(34)21(11-16)29(38)44/h1-9,11-13,24H,10,14H2,(H2,38,44)(H,40,43)/t24-/m0/s1. The number of aromatic nitrogens is 3. The van der Waals surface area contributed by atoms with E-state index in [0.29, 0.717) is 12.1 Å². The minimum Gasteiger partial charge on any atom is -0.366 e. The van der Waals surface area contributed by atoms with Crippen molar-refractivity contribution in [1.29, 1.82) is 0 Å². The zero-order valence-electron chi connectivity index (χ0n) is 22.3. The summed E-state index contributed by atoms with van der Waals surface area (Å²) in [5, 5.41) is 5.57. The van der Waals surface area contributed by atoms with E-state index in [-0.39, 0.29) is 34.3 Å². The molecule has 0 saturated heterocycles. The first-order valence-corrected chi connectivity index (χ1v) is 12.8. The van der Waals surface area contributed by atoms with Crippen LogP contribution in [0.2, 0.25) is 0 Å². The fourth-order valence-electron chi connectivity index (χ4n) is 4.86. The number of carbonyl (C=O) groups excluding carboxylic acids is 2. The lowest BCUT2D eigenvalue weighted by molar-refractivity contribution is -0.140. The van der Waals surface area contributed by atoms with Crippen LogP contribution >= 0.6 is 0 Å². The molecule has 1 atom stereocenters. The van der Waals surface area contributed by atoms with Crippen molar-refractivity contribution in [3.8, 4) is 11.1 Å². The number of nitrogens with two attached hydrogens (primary N) is 1. The number of hydrogen-bond donors (Lipinski definition) is 2. The van der Waals surface area contributed by atoms with Crippen molar-refractivity contribution in [3.63, 3.8) is 0 Å². The summed E-state index contributed by atoms with van der Waals surface area (Å²) in [6.07, 6.45) is -3.83. The number of amides is 2. The third kappa shape index (κ3) is 6.38. The molecule has 2 heterocycles. The van der Waals surface area contributed by atoms with Gasteiger partial charge in [-0.2, -0.15) is 18.3 Å². The maximum atomic E-state index is 14.2. The van der Waals surface area contributed by atoms with Gasteiger partial charge in [-0.05, 0) is 66.1 Å². The van der Waals surface area contributed by atoms with Crippen molar-refractivity contribution < 1.29 is 40.3 Å². The number of benzene rings is 3. The van der Waals surface area contributed by atoms with E-state index in [1.165, 1.54) is 30.5 Å². The topological polar surface area (TPSA) is 103 Å². The van der Waals surface area contributed by atoms with E-state index in [2.05, 4.69) is 15.4 Å². The first-order chi connectivity index (χ1) is 20.8. The number of fused-ring (bicyclic) bond motifs is 1. The largest absolute Gasteiger partial charge is 0.435 e. The monoisotopic (exact) mass is 615 g/mol. The average Bonchev–Trinajstić information content (AvgIpc) is 3.30. The van der Waals surface area contributed by atoms with Crippen LogP contribution in [-0.2, 0) is 23.9 Å². The number of nitrogens with one attached hydrogen (secondary N) is 1. The van der Waals surface area contributed by atoms with E-state index in [4.69, 9.17) is 5.73 Å². The molecule has 5 aromatic rings. The van der Waals surface area contributed by atoms with Crippen molar-refractivity contribution >= 4 is 22.7 Å². The number of nitrogens with zero attached hydrogens (tertiary/aromatic N) is 3. The summed E-state index contributed by atoms with van der Waals surface area (Å²) >= 11 is 0. The summed E-state index contributed by atoms with van der Waals surface area (Å²) in [5.41, 5.74) is 4.08. The van der Waals surface area contributed by atoms with Gasteiger partial charge < -0.3 is 11.1 Å². The molecule has 0 unspecified atom stereocenters. The molecule has 0 saturated carbocycles. The predicted octanol–water partition coefficient (Wildman–Crippen LogP) is 5.87. The highest BCUT2D eigenvalue weighted by Gasteiger charge is 2.37.